The van der Waals surface area contributed by atoms with Crippen LogP contribution in [0.2, 0.25) is 0 Å². The monoisotopic (exact) mass is 591 g/mol. The van der Waals surface area contributed by atoms with Gasteiger partial charge in [0.1, 0.15) is 22.3 Å². The number of furan rings is 2. The van der Waals surface area contributed by atoms with Crippen LogP contribution in [0.15, 0.2) is 148 Å². The van der Waals surface area contributed by atoms with E-state index in [0.717, 1.165) is 60.9 Å². The summed E-state index contributed by atoms with van der Waals surface area (Å²) >= 11 is 0. The Labute approximate surface area is 265 Å². The van der Waals surface area contributed by atoms with Crippen LogP contribution in [0.1, 0.15) is 25.0 Å². The Kier molecular flexibility index (Phi) is 5.06. The van der Waals surface area contributed by atoms with Crippen molar-refractivity contribution in [3.63, 3.8) is 0 Å². The molecule has 0 saturated carbocycles. The summed E-state index contributed by atoms with van der Waals surface area (Å²) in [6.07, 6.45) is 0. The molecule has 0 radical (unpaired) electrons. The zero-order valence-electron chi connectivity index (χ0n) is 25.5. The molecule has 2 aromatic heterocycles. The largest absolute Gasteiger partial charge is 0.456 e. The third-order valence-corrected chi connectivity index (χ3v) is 10.0. The molecule has 0 saturated heterocycles. The quantitative estimate of drug-likeness (QED) is 0.205. The molecule has 3 nitrogen and oxygen atoms in total. The number of rotatable bonds is 3. The first kappa shape index (κ1) is 25.5. The van der Waals surface area contributed by atoms with Gasteiger partial charge in [-0.05, 0) is 87.6 Å². The van der Waals surface area contributed by atoms with Crippen LogP contribution >= 0.6 is 0 Å². The number of hydrogen-bond donors (Lipinski definition) is 0. The molecule has 0 N–H and O–H groups in total. The first-order valence-electron chi connectivity index (χ1n) is 15.8. The zero-order chi connectivity index (χ0) is 30.6. The van der Waals surface area contributed by atoms with Crippen LogP contribution in [0.25, 0.3) is 65.8 Å². The molecule has 10 rings (SSSR count). The lowest BCUT2D eigenvalue weighted by atomic mass is 9.80. The second kappa shape index (κ2) is 9.12. The molecule has 0 amide bonds. The number of anilines is 3. The molecular formula is C43H29NO2. The van der Waals surface area contributed by atoms with Crippen molar-refractivity contribution < 1.29 is 8.83 Å². The van der Waals surface area contributed by atoms with E-state index in [-0.39, 0.29) is 5.41 Å². The third kappa shape index (κ3) is 3.48. The standard InChI is InChI=1S/C43H29NO2/c1-43(2)37-12-6-3-9-30(37)34-20-16-26-15-17-27(23-35(26)42(34)43)44(28-19-22-40-36(24-28)32-11-5-8-14-39(32)45-40)29-18-21-33-31-10-4-7-13-38(31)46-41(33)25-29/h3-25H,1-2H3. The van der Waals surface area contributed by atoms with Crippen LogP contribution in [0.5, 0.6) is 0 Å². The van der Waals surface area contributed by atoms with Gasteiger partial charge in [0, 0.05) is 50.1 Å². The van der Waals surface area contributed by atoms with Crippen molar-refractivity contribution >= 4 is 71.7 Å². The summed E-state index contributed by atoms with van der Waals surface area (Å²) in [5.41, 5.74) is 12.0. The Morgan fingerprint density at radius 3 is 1.83 bits per heavy atom. The first-order valence-corrected chi connectivity index (χ1v) is 15.8. The molecule has 7 aromatic carbocycles. The van der Waals surface area contributed by atoms with Crippen LogP contribution < -0.4 is 4.90 Å². The van der Waals surface area contributed by atoms with Crippen molar-refractivity contribution in [1.29, 1.82) is 0 Å². The van der Waals surface area contributed by atoms with Gasteiger partial charge in [-0.3, -0.25) is 0 Å². The number of fused-ring (bicyclic) bond motifs is 11. The predicted octanol–water partition coefficient (Wildman–Crippen LogP) is 12.4. The fourth-order valence-electron chi connectivity index (χ4n) is 7.90. The van der Waals surface area contributed by atoms with E-state index >= 15 is 0 Å². The highest BCUT2D eigenvalue weighted by Gasteiger charge is 2.36. The van der Waals surface area contributed by atoms with Crippen molar-refractivity contribution in [2.75, 3.05) is 4.90 Å². The molecule has 0 spiro atoms. The summed E-state index contributed by atoms with van der Waals surface area (Å²) in [6, 6.07) is 49.9. The SMILES string of the molecule is CC1(C)c2ccccc2-c2ccc3ccc(N(c4ccc5c(c4)oc4ccccc45)c4ccc5oc6ccccc6c5c4)cc3c21. The molecule has 2 heterocycles. The van der Waals surface area contributed by atoms with E-state index in [2.05, 4.69) is 134 Å². The minimum absolute atomic E-state index is 0.114. The van der Waals surface area contributed by atoms with E-state index in [0.29, 0.717) is 0 Å². The average molecular weight is 592 g/mol. The van der Waals surface area contributed by atoms with Crippen LogP contribution in [-0.4, -0.2) is 0 Å². The molecule has 1 aliphatic carbocycles. The Hall–Kier alpha value is -5.80. The lowest BCUT2D eigenvalue weighted by molar-refractivity contribution is 0.666. The fraction of sp³-hybridized carbons (Fsp3) is 0.0698. The molecule has 0 fully saturated rings. The maximum atomic E-state index is 6.38. The fourth-order valence-corrected chi connectivity index (χ4v) is 7.90. The van der Waals surface area contributed by atoms with Gasteiger partial charge in [-0.25, -0.2) is 0 Å². The summed E-state index contributed by atoms with van der Waals surface area (Å²) < 4.78 is 12.6. The average Bonchev–Trinajstić information content (AvgIpc) is 3.72. The molecule has 218 valence electrons. The summed E-state index contributed by atoms with van der Waals surface area (Å²) in [5.74, 6) is 0. The minimum Gasteiger partial charge on any atom is -0.456 e. The van der Waals surface area contributed by atoms with E-state index < -0.39 is 0 Å². The highest BCUT2D eigenvalue weighted by Crippen LogP contribution is 2.52. The van der Waals surface area contributed by atoms with Gasteiger partial charge in [0.05, 0.1) is 0 Å². The first-order chi connectivity index (χ1) is 22.5. The molecule has 0 atom stereocenters. The van der Waals surface area contributed by atoms with Gasteiger partial charge in [-0.2, -0.15) is 0 Å². The molecular weight excluding hydrogens is 562 g/mol. The van der Waals surface area contributed by atoms with Crippen LogP contribution in [0.3, 0.4) is 0 Å². The Bertz CT molecular complexity index is 2690. The summed E-state index contributed by atoms with van der Waals surface area (Å²) in [6.45, 7) is 4.71. The topological polar surface area (TPSA) is 29.5 Å². The van der Waals surface area contributed by atoms with Gasteiger partial charge in [0.2, 0.25) is 0 Å². The minimum atomic E-state index is -0.114. The normalized spacial score (nSPS) is 13.6. The summed E-state index contributed by atoms with van der Waals surface area (Å²) in [7, 11) is 0. The molecule has 0 aliphatic heterocycles. The van der Waals surface area contributed by atoms with Gasteiger partial charge < -0.3 is 13.7 Å². The van der Waals surface area contributed by atoms with Crippen molar-refractivity contribution in [2.24, 2.45) is 0 Å². The Balaban J connectivity index is 1.23. The van der Waals surface area contributed by atoms with Gasteiger partial charge >= 0.3 is 0 Å². The van der Waals surface area contributed by atoms with Crippen molar-refractivity contribution in [3.8, 4) is 11.1 Å². The highest BCUT2D eigenvalue weighted by molar-refractivity contribution is 6.08. The molecule has 1 aliphatic rings. The third-order valence-electron chi connectivity index (χ3n) is 10.0. The van der Waals surface area contributed by atoms with Gasteiger partial charge in [0.25, 0.3) is 0 Å². The van der Waals surface area contributed by atoms with Gasteiger partial charge in [-0.15, -0.1) is 0 Å². The van der Waals surface area contributed by atoms with E-state index in [1.165, 1.54) is 33.0 Å². The molecule has 0 unspecified atom stereocenters. The predicted molar refractivity (Wildman–Crippen MR) is 191 cm³/mol. The van der Waals surface area contributed by atoms with Crippen LogP contribution in [0.4, 0.5) is 17.1 Å². The lowest BCUT2D eigenvalue weighted by Crippen LogP contribution is -2.16. The van der Waals surface area contributed by atoms with Crippen LogP contribution in [-0.2, 0) is 5.41 Å². The second-order valence-corrected chi connectivity index (χ2v) is 13.0. The van der Waals surface area contributed by atoms with E-state index in [1.807, 2.05) is 24.3 Å². The molecule has 0 bridgehead atoms. The Morgan fingerprint density at radius 2 is 1.00 bits per heavy atom. The second-order valence-electron chi connectivity index (χ2n) is 13.0. The van der Waals surface area contributed by atoms with E-state index in [1.54, 1.807) is 0 Å². The van der Waals surface area contributed by atoms with Crippen molar-refractivity contribution in [2.45, 2.75) is 19.3 Å². The lowest BCUT2D eigenvalue weighted by Gasteiger charge is -2.27. The van der Waals surface area contributed by atoms with Crippen molar-refractivity contribution in [1.82, 2.24) is 0 Å². The highest BCUT2D eigenvalue weighted by atomic mass is 16.3. The zero-order valence-corrected chi connectivity index (χ0v) is 25.5. The molecule has 46 heavy (non-hydrogen) atoms. The maximum Gasteiger partial charge on any atom is 0.137 e. The van der Waals surface area contributed by atoms with Crippen molar-refractivity contribution in [3.05, 3.63) is 151 Å². The summed E-state index contributed by atoms with van der Waals surface area (Å²) in [4.78, 5) is 2.35. The van der Waals surface area contributed by atoms with Gasteiger partial charge in [-0.1, -0.05) is 92.7 Å². The maximum absolute atomic E-state index is 6.38. The molecule has 9 aromatic rings. The number of nitrogens with zero attached hydrogens (tertiary/aromatic N) is 1. The van der Waals surface area contributed by atoms with E-state index in [9.17, 15) is 0 Å². The molecule has 3 heteroatoms. The number of hydrogen-bond acceptors (Lipinski definition) is 3. The van der Waals surface area contributed by atoms with Crippen LogP contribution in [0, 0.1) is 0 Å². The number of para-hydroxylation sites is 2. The Morgan fingerprint density at radius 1 is 0.435 bits per heavy atom. The van der Waals surface area contributed by atoms with E-state index in [4.69, 9.17) is 8.83 Å². The summed E-state index contributed by atoms with van der Waals surface area (Å²) in [5, 5.41) is 6.98. The smallest absolute Gasteiger partial charge is 0.137 e. The van der Waals surface area contributed by atoms with Gasteiger partial charge in [0.15, 0.2) is 0 Å². The number of benzene rings is 7.